The van der Waals surface area contributed by atoms with Crippen LogP contribution in [0.4, 0.5) is 4.79 Å². The Bertz CT molecular complexity index is 277. The Morgan fingerprint density at radius 1 is 1.29 bits per heavy atom. The van der Waals surface area contributed by atoms with E-state index in [0.717, 1.165) is 0 Å². The van der Waals surface area contributed by atoms with E-state index in [0.29, 0.717) is 39.1 Å². The second-order valence-corrected chi connectivity index (χ2v) is 4.10. The molecule has 0 aromatic heterocycles. The number of urea groups is 1. The van der Waals surface area contributed by atoms with Gasteiger partial charge in [0.2, 0.25) is 0 Å². The molecule has 0 atom stereocenters. The Morgan fingerprint density at radius 3 is 2.47 bits per heavy atom. The summed E-state index contributed by atoms with van der Waals surface area (Å²) in [4.78, 5) is 22.6. The largest absolute Gasteiger partial charge is 0.481 e. The third-order valence-corrected chi connectivity index (χ3v) is 2.92. The minimum atomic E-state index is -0.904. The van der Waals surface area contributed by atoms with Crippen molar-refractivity contribution in [1.29, 1.82) is 0 Å². The van der Waals surface area contributed by atoms with Crippen molar-refractivity contribution < 1.29 is 19.4 Å². The van der Waals surface area contributed by atoms with E-state index in [-0.39, 0.29) is 12.6 Å². The van der Waals surface area contributed by atoms with E-state index in [1.807, 2.05) is 0 Å². The molecule has 0 spiro atoms. The Kier molecular flexibility index (Phi) is 5.17. The lowest BCUT2D eigenvalue weighted by atomic mass is 9.80. The maximum atomic E-state index is 11.3. The fourth-order valence-electron chi connectivity index (χ4n) is 1.73. The van der Waals surface area contributed by atoms with Gasteiger partial charge in [-0.25, -0.2) is 4.79 Å². The molecule has 0 aromatic rings. The van der Waals surface area contributed by atoms with Gasteiger partial charge in [-0.05, 0) is 12.8 Å². The van der Waals surface area contributed by atoms with Crippen molar-refractivity contribution in [3.8, 4) is 0 Å². The maximum Gasteiger partial charge on any atom is 0.314 e. The van der Waals surface area contributed by atoms with Crippen LogP contribution in [0.3, 0.4) is 0 Å². The Hall–Kier alpha value is -1.34. The molecule has 0 unspecified atom stereocenters. The standard InChI is InChI=1S/C10H19N3O4/c11-3-4-12-9(16)13-7-10(8(14)15)1-5-17-6-2-10/h1-7,11H2,(H,14,15)(H2,12,13,16). The van der Waals surface area contributed by atoms with Crippen molar-refractivity contribution in [3.63, 3.8) is 0 Å². The number of rotatable bonds is 5. The van der Waals surface area contributed by atoms with Crippen molar-refractivity contribution >= 4 is 12.0 Å². The molecular weight excluding hydrogens is 226 g/mol. The smallest absolute Gasteiger partial charge is 0.314 e. The highest BCUT2D eigenvalue weighted by Gasteiger charge is 2.40. The number of hydrogen-bond donors (Lipinski definition) is 4. The van der Waals surface area contributed by atoms with E-state index in [1.165, 1.54) is 0 Å². The molecule has 0 saturated carbocycles. The SMILES string of the molecule is NCCNC(=O)NCC1(C(=O)O)CCOCC1. The third-order valence-electron chi connectivity index (χ3n) is 2.92. The molecule has 0 bridgehead atoms. The third kappa shape index (κ3) is 3.86. The molecule has 7 nitrogen and oxygen atoms in total. The van der Waals surface area contributed by atoms with Gasteiger partial charge >= 0.3 is 12.0 Å². The first kappa shape index (κ1) is 13.7. The van der Waals surface area contributed by atoms with Crippen LogP contribution in [0.25, 0.3) is 0 Å². The quantitative estimate of drug-likeness (QED) is 0.502. The number of carboxylic acid groups (broad SMARTS) is 1. The van der Waals surface area contributed by atoms with Gasteiger partial charge in [0, 0.05) is 32.8 Å². The van der Waals surface area contributed by atoms with Crippen molar-refractivity contribution in [2.45, 2.75) is 12.8 Å². The fourth-order valence-corrected chi connectivity index (χ4v) is 1.73. The number of carbonyl (C=O) groups excluding carboxylic acids is 1. The zero-order valence-electron chi connectivity index (χ0n) is 9.70. The van der Waals surface area contributed by atoms with Gasteiger partial charge in [0.25, 0.3) is 0 Å². The predicted octanol–water partition coefficient (Wildman–Crippen LogP) is -0.874. The number of carbonyl (C=O) groups is 2. The average molecular weight is 245 g/mol. The van der Waals surface area contributed by atoms with E-state index in [9.17, 15) is 14.7 Å². The average Bonchev–Trinajstić information content (AvgIpc) is 2.34. The summed E-state index contributed by atoms with van der Waals surface area (Å²) >= 11 is 0. The van der Waals surface area contributed by atoms with Crippen molar-refractivity contribution in [2.24, 2.45) is 11.1 Å². The molecule has 1 aliphatic rings. The summed E-state index contributed by atoms with van der Waals surface area (Å²) in [5.74, 6) is -0.889. The van der Waals surface area contributed by atoms with E-state index in [4.69, 9.17) is 10.5 Å². The molecule has 1 saturated heterocycles. The molecule has 1 heterocycles. The minimum absolute atomic E-state index is 0.113. The van der Waals surface area contributed by atoms with E-state index < -0.39 is 11.4 Å². The summed E-state index contributed by atoms with van der Waals surface area (Å²) in [6.07, 6.45) is 0.832. The van der Waals surface area contributed by atoms with E-state index >= 15 is 0 Å². The fraction of sp³-hybridized carbons (Fsp3) is 0.800. The van der Waals surface area contributed by atoms with Crippen molar-refractivity contribution in [2.75, 3.05) is 32.8 Å². The molecule has 0 radical (unpaired) electrons. The number of aliphatic carboxylic acids is 1. The predicted molar refractivity (Wildman–Crippen MR) is 60.6 cm³/mol. The lowest BCUT2D eigenvalue weighted by molar-refractivity contribution is -0.154. The summed E-state index contributed by atoms with van der Waals surface area (Å²) in [6.45, 7) is 1.67. The first-order chi connectivity index (χ1) is 8.10. The van der Waals surface area contributed by atoms with Crippen LogP contribution in [0.5, 0.6) is 0 Å². The highest BCUT2D eigenvalue weighted by Crippen LogP contribution is 2.29. The second kappa shape index (κ2) is 6.41. The number of amides is 2. The number of nitrogens with two attached hydrogens (primary N) is 1. The number of nitrogens with one attached hydrogen (secondary N) is 2. The molecule has 98 valence electrons. The van der Waals surface area contributed by atoms with Gasteiger partial charge in [0.1, 0.15) is 0 Å². The number of hydrogen-bond acceptors (Lipinski definition) is 4. The van der Waals surface area contributed by atoms with E-state index in [2.05, 4.69) is 10.6 Å². The molecule has 0 aliphatic carbocycles. The van der Waals surface area contributed by atoms with Gasteiger partial charge in [-0.2, -0.15) is 0 Å². The molecule has 0 aromatic carbocycles. The van der Waals surface area contributed by atoms with Gasteiger partial charge in [-0.15, -0.1) is 0 Å². The monoisotopic (exact) mass is 245 g/mol. The molecule has 17 heavy (non-hydrogen) atoms. The molecule has 7 heteroatoms. The maximum absolute atomic E-state index is 11.3. The Labute approximate surface area is 99.7 Å². The summed E-state index contributed by atoms with van der Waals surface area (Å²) in [5, 5.41) is 14.3. The minimum Gasteiger partial charge on any atom is -0.481 e. The summed E-state index contributed by atoms with van der Waals surface area (Å²) in [7, 11) is 0. The Morgan fingerprint density at radius 2 is 1.94 bits per heavy atom. The molecule has 5 N–H and O–H groups in total. The lowest BCUT2D eigenvalue weighted by Crippen LogP contribution is -2.49. The van der Waals surface area contributed by atoms with Gasteiger partial charge in [0.15, 0.2) is 0 Å². The van der Waals surface area contributed by atoms with Gasteiger partial charge in [-0.3, -0.25) is 4.79 Å². The lowest BCUT2D eigenvalue weighted by Gasteiger charge is -2.33. The summed E-state index contributed by atoms with van der Waals surface area (Å²) < 4.78 is 5.14. The molecule has 1 fully saturated rings. The zero-order chi connectivity index (χ0) is 12.7. The number of ether oxygens (including phenoxy) is 1. The molecular formula is C10H19N3O4. The van der Waals surface area contributed by atoms with Crippen LogP contribution in [0.2, 0.25) is 0 Å². The van der Waals surface area contributed by atoms with Crippen LogP contribution < -0.4 is 16.4 Å². The van der Waals surface area contributed by atoms with Gasteiger partial charge in [0.05, 0.1) is 5.41 Å². The van der Waals surface area contributed by atoms with E-state index in [1.54, 1.807) is 0 Å². The van der Waals surface area contributed by atoms with Crippen LogP contribution in [-0.2, 0) is 9.53 Å². The van der Waals surface area contributed by atoms with Crippen LogP contribution in [0, 0.1) is 5.41 Å². The molecule has 1 rings (SSSR count). The summed E-state index contributed by atoms with van der Waals surface area (Å²) in [6, 6.07) is -0.387. The zero-order valence-corrected chi connectivity index (χ0v) is 9.70. The van der Waals surface area contributed by atoms with Crippen LogP contribution in [-0.4, -0.2) is 50.0 Å². The first-order valence-electron chi connectivity index (χ1n) is 5.64. The second-order valence-electron chi connectivity index (χ2n) is 4.10. The summed E-state index contributed by atoms with van der Waals surface area (Å²) in [5.41, 5.74) is 4.33. The van der Waals surface area contributed by atoms with Crippen molar-refractivity contribution in [1.82, 2.24) is 10.6 Å². The van der Waals surface area contributed by atoms with Crippen LogP contribution in [0.1, 0.15) is 12.8 Å². The van der Waals surface area contributed by atoms with Gasteiger partial charge in [-0.1, -0.05) is 0 Å². The Balaban J connectivity index is 2.44. The first-order valence-corrected chi connectivity index (χ1v) is 5.64. The molecule has 2 amide bonds. The highest BCUT2D eigenvalue weighted by atomic mass is 16.5. The van der Waals surface area contributed by atoms with Crippen LogP contribution >= 0.6 is 0 Å². The van der Waals surface area contributed by atoms with Crippen LogP contribution in [0.15, 0.2) is 0 Å². The molecule has 1 aliphatic heterocycles. The highest BCUT2D eigenvalue weighted by molar-refractivity contribution is 5.78. The van der Waals surface area contributed by atoms with Gasteiger partial charge < -0.3 is 26.2 Å². The van der Waals surface area contributed by atoms with Crippen molar-refractivity contribution in [3.05, 3.63) is 0 Å². The number of carboxylic acids is 1. The topological polar surface area (TPSA) is 114 Å². The normalized spacial score (nSPS) is 18.4.